The van der Waals surface area contributed by atoms with Gasteiger partial charge in [-0.1, -0.05) is 30.1 Å². The summed E-state index contributed by atoms with van der Waals surface area (Å²) in [6.45, 7) is 6.48. The number of nitrogen functional groups attached to an aromatic ring is 1. The van der Waals surface area contributed by atoms with Crippen molar-refractivity contribution in [3.05, 3.63) is 22.2 Å². The van der Waals surface area contributed by atoms with Crippen molar-refractivity contribution in [1.29, 1.82) is 0 Å². The highest BCUT2D eigenvalue weighted by Gasteiger charge is 2.20. The van der Waals surface area contributed by atoms with Crippen molar-refractivity contribution >= 4 is 40.5 Å². The molecule has 0 radical (unpaired) electrons. The Hall–Kier alpha value is -1.01. The summed E-state index contributed by atoms with van der Waals surface area (Å²) in [5, 5.41) is 13.1. The van der Waals surface area contributed by atoms with Crippen molar-refractivity contribution in [3.8, 4) is 0 Å². The molecule has 0 aliphatic carbocycles. The molecule has 1 amide bonds. The van der Waals surface area contributed by atoms with Crippen molar-refractivity contribution in [2.24, 2.45) is 0 Å². The van der Waals surface area contributed by atoms with Gasteiger partial charge in [-0.25, -0.2) is 0 Å². The van der Waals surface area contributed by atoms with E-state index in [1.165, 1.54) is 12.1 Å². The van der Waals surface area contributed by atoms with Gasteiger partial charge in [0.2, 0.25) is 5.91 Å². The standard InChI is InChI=1S/C14H21Cl2N3O2/c1-4-19(8-14(2,3)21)7-12(20)18-13-10(15)5-9(17)6-11(13)16/h5-6,21H,4,7-8,17H2,1-3H3,(H,18,20). The molecule has 0 aliphatic heterocycles. The molecule has 0 aliphatic rings. The number of benzene rings is 1. The summed E-state index contributed by atoms with van der Waals surface area (Å²) in [5.41, 5.74) is 5.52. The highest BCUT2D eigenvalue weighted by Crippen LogP contribution is 2.32. The minimum absolute atomic E-state index is 0.136. The molecule has 5 nitrogen and oxygen atoms in total. The lowest BCUT2D eigenvalue weighted by Gasteiger charge is -2.27. The Balaban J connectivity index is 2.73. The lowest BCUT2D eigenvalue weighted by atomic mass is 10.1. The zero-order chi connectivity index (χ0) is 16.2. The molecule has 7 heteroatoms. The molecule has 0 spiro atoms. The van der Waals surface area contributed by atoms with Crippen molar-refractivity contribution in [3.63, 3.8) is 0 Å². The average molecular weight is 334 g/mol. The Morgan fingerprint density at radius 3 is 2.33 bits per heavy atom. The highest BCUT2D eigenvalue weighted by atomic mass is 35.5. The molecule has 0 saturated heterocycles. The number of aliphatic hydroxyl groups is 1. The molecule has 1 rings (SSSR count). The van der Waals surface area contributed by atoms with E-state index in [4.69, 9.17) is 28.9 Å². The monoisotopic (exact) mass is 333 g/mol. The van der Waals surface area contributed by atoms with Crippen LogP contribution in [-0.4, -0.2) is 41.1 Å². The number of carbonyl (C=O) groups is 1. The maximum absolute atomic E-state index is 12.1. The number of nitrogens with one attached hydrogen (secondary N) is 1. The Morgan fingerprint density at radius 2 is 1.90 bits per heavy atom. The lowest BCUT2D eigenvalue weighted by Crippen LogP contribution is -2.42. The summed E-state index contributed by atoms with van der Waals surface area (Å²) >= 11 is 12.0. The molecule has 4 N–H and O–H groups in total. The number of hydrogen-bond acceptors (Lipinski definition) is 4. The van der Waals surface area contributed by atoms with Crippen LogP contribution >= 0.6 is 23.2 Å². The first-order valence-electron chi connectivity index (χ1n) is 6.61. The number of nitrogens with zero attached hydrogens (tertiary/aromatic N) is 1. The highest BCUT2D eigenvalue weighted by molar-refractivity contribution is 6.40. The van der Waals surface area contributed by atoms with Gasteiger partial charge in [0.05, 0.1) is 27.9 Å². The van der Waals surface area contributed by atoms with Gasteiger partial charge < -0.3 is 16.2 Å². The van der Waals surface area contributed by atoms with E-state index in [0.717, 1.165) is 0 Å². The summed E-state index contributed by atoms with van der Waals surface area (Å²) < 4.78 is 0. The van der Waals surface area contributed by atoms with E-state index in [0.29, 0.717) is 34.5 Å². The minimum Gasteiger partial charge on any atom is -0.399 e. The fourth-order valence-corrected chi connectivity index (χ4v) is 2.52. The topological polar surface area (TPSA) is 78.6 Å². The lowest BCUT2D eigenvalue weighted by molar-refractivity contribution is -0.117. The van der Waals surface area contributed by atoms with Crippen LogP contribution in [0.15, 0.2) is 12.1 Å². The van der Waals surface area contributed by atoms with Crippen LogP contribution in [0, 0.1) is 0 Å². The normalized spacial score (nSPS) is 11.8. The Kier molecular flexibility index (Phi) is 6.28. The first-order valence-corrected chi connectivity index (χ1v) is 7.37. The summed E-state index contributed by atoms with van der Waals surface area (Å²) in [6.07, 6.45) is 0. The number of likely N-dealkylation sites (N-methyl/N-ethyl adjacent to an activating group) is 1. The van der Waals surface area contributed by atoms with Gasteiger partial charge in [-0.15, -0.1) is 0 Å². The zero-order valence-corrected chi connectivity index (χ0v) is 13.9. The van der Waals surface area contributed by atoms with Gasteiger partial charge in [0.25, 0.3) is 0 Å². The number of carbonyl (C=O) groups excluding carboxylic acids is 1. The number of anilines is 2. The molecular formula is C14H21Cl2N3O2. The average Bonchev–Trinajstić information content (AvgIpc) is 2.31. The van der Waals surface area contributed by atoms with Gasteiger partial charge in [0, 0.05) is 12.2 Å². The second kappa shape index (κ2) is 7.31. The van der Waals surface area contributed by atoms with E-state index in [1.807, 2.05) is 11.8 Å². The fourth-order valence-electron chi connectivity index (χ4n) is 1.92. The largest absolute Gasteiger partial charge is 0.399 e. The van der Waals surface area contributed by atoms with Gasteiger partial charge >= 0.3 is 0 Å². The Labute approximate surface area is 135 Å². The molecular weight excluding hydrogens is 313 g/mol. The molecule has 118 valence electrons. The smallest absolute Gasteiger partial charge is 0.238 e. The van der Waals surface area contributed by atoms with Crippen LogP contribution in [0.4, 0.5) is 11.4 Å². The van der Waals surface area contributed by atoms with Crippen LogP contribution < -0.4 is 11.1 Å². The molecule has 0 saturated carbocycles. The predicted molar refractivity (Wildman–Crippen MR) is 87.9 cm³/mol. The van der Waals surface area contributed by atoms with Crippen molar-refractivity contribution in [2.45, 2.75) is 26.4 Å². The third kappa shape index (κ3) is 6.09. The summed E-state index contributed by atoms with van der Waals surface area (Å²) in [4.78, 5) is 13.9. The molecule has 0 unspecified atom stereocenters. The van der Waals surface area contributed by atoms with E-state index in [9.17, 15) is 9.90 Å². The molecule has 0 bridgehead atoms. The molecule has 1 aromatic rings. The quantitative estimate of drug-likeness (QED) is 0.699. The molecule has 0 atom stereocenters. The van der Waals surface area contributed by atoms with Gasteiger partial charge in [-0.05, 0) is 32.5 Å². The first kappa shape index (κ1) is 18.0. The van der Waals surface area contributed by atoms with Crippen LogP contribution in [0.25, 0.3) is 0 Å². The minimum atomic E-state index is -0.868. The number of halogens is 2. The number of hydrogen-bond donors (Lipinski definition) is 3. The number of amides is 1. The van der Waals surface area contributed by atoms with Crippen LogP contribution in [0.1, 0.15) is 20.8 Å². The van der Waals surface area contributed by atoms with Crippen LogP contribution in [0.2, 0.25) is 10.0 Å². The van der Waals surface area contributed by atoms with Gasteiger partial charge in [-0.3, -0.25) is 9.69 Å². The van der Waals surface area contributed by atoms with Gasteiger partial charge in [0.15, 0.2) is 0 Å². The number of rotatable bonds is 6. The van der Waals surface area contributed by atoms with Crippen molar-refractivity contribution in [1.82, 2.24) is 4.90 Å². The fraction of sp³-hybridized carbons (Fsp3) is 0.500. The Bertz CT molecular complexity index is 492. The molecule has 1 aromatic carbocycles. The summed E-state index contributed by atoms with van der Waals surface area (Å²) in [7, 11) is 0. The third-order valence-corrected chi connectivity index (χ3v) is 3.35. The van der Waals surface area contributed by atoms with Gasteiger partial charge in [0.1, 0.15) is 0 Å². The van der Waals surface area contributed by atoms with E-state index in [-0.39, 0.29) is 12.5 Å². The molecule has 0 heterocycles. The Morgan fingerprint density at radius 1 is 1.38 bits per heavy atom. The third-order valence-electron chi connectivity index (χ3n) is 2.75. The van der Waals surface area contributed by atoms with Crippen LogP contribution in [0.3, 0.4) is 0 Å². The second-order valence-corrected chi connectivity index (χ2v) is 6.34. The molecule has 0 aromatic heterocycles. The first-order chi connectivity index (χ1) is 9.62. The van der Waals surface area contributed by atoms with E-state index >= 15 is 0 Å². The maximum Gasteiger partial charge on any atom is 0.238 e. The second-order valence-electron chi connectivity index (χ2n) is 5.52. The maximum atomic E-state index is 12.1. The van der Waals surface area contributed by atoms with Crippen molar-refractivity contribution in [2.75, 3.05) is 30.7 Å². The van der Waals surface area contributed by atoms with Crippen LogP contribution in [0.5, 0.6) is 0 Å². The molecule has 21 heavy (non-hydrogen) atoms. The van der Waals surface area contributed by atoms with E-state index in [1.54, 1.807) is 13.8 Å². The van der Waals surface area contributed by atoms with Crippen LogP contribution in [-0.2, 0) is 4.79 Å². The van der Waals surface area contributed by atoms with Crippen molar-refractivity contribution < 1.29 is 9.90 Å². The number of nitrogens with two attached hydrogens (primary N) is 1. The van der Waals surface area contributed by atoms with E-state index in [2.05, 4.69) is 5.32 Å². The predicted octanol–water partition coefficient (Wildman–Crippen LogP) is 2.61. The summed E-state index contributed by atoms with van der Waals surface area (Å²) in [6, 6.07) is 3.05. The SMILES string of the molecule is CCN(CC(=O)Nc1c(Cl)cc(N)cc1Cl)CC(C)(C)O. The summed E-state index contributed by atoms with van der Waals surface area (Å²) in [5.74, 6) is -0.255. The zero-order valence-electron chi connectivity index (χ0n) is 12.4. The van der Waals surface area contributed by atoms with Gasteiger partial charge in [-0.2, -0.15) is 0 Å². The molecule has 0 fully saturated rings. The van der Waals surface area contributed by atoms with E-state index < -0.39 is 5.60 Å².